The Hall–Kier alpha value is -1.47. The lowest BCUT2D eigenvalue weighted by Gasteiger charge is -2.20. The Labute approximate surface area is 120 Å². The third kappa shape index (κ3) is 4.01. The highest BCUT2D eigenvalue weighted by molar-refractivity contribution is 7.89. The van der Waals surface area contributed by atoms with Crippen molar-refractivity contribution in [1.82, 2.24) is 4.72 Å². The highest BCUT2D eigenvalue weighted by Crippen LogP contribution is 2.33. The first kappa shape index (κ1) is 16.6. The number of rotatable bonds is 5. The lowest BCUT2D eigenvalue weighted by Crippen LogP contribution is -2.32. The van der Waals surface area contributed by atoms with Crippen molar-refractivity contribution in [3.63, 3.8) is 0 Å². The number of nitrogens with one attached hydrogen (secondary N) is 1. The van der Waals surface area contributed by atoms with E-state index in [0.717, 1.165) is 0 Å². The SMILES string of the molecule is COc1cc(OC)c(S(=O)(=O)NCC(C)(C)C)cc1N. The number of hydrogen-bond acceptors (Lipinski definition) is 5. The molecule has 0 unspecified atom stereocenters. The molecule has 0 atom stereocenters. The summed E-state index contributed by atoms with van der Waals surface area (Å²) >= 11 is 0. The van der Waals surface area contributed by atoms with Crippen LogP contribution in [0.3, 0.4) is 0 Å². The van der Waals surface area contributed by atoms with Gasteiger partial charge in [0.2, 0.25) is 10.0 Å². The molecule has 0 radical (unpaired) electrons. The Morgan fingerprint density at radius 2 is 1.70 bits per heavy atom. The molecule has 0 saturated heterocycles. The number of ether oxygens (including phenoxy) is 2. The quantitative estimate of drug-likeness (QED) is 0.806. The molecule has 0 fully saturated rings. The molecule has 114 valence electrons. The first-order valence-electron chi connectivity index (χ1n) is 6.12. The topological polar surface area (TPSA) is 90.6 Å². The largest absolute Gasteiger partial charge is 0.495 e. The van der Waals surface area contributed by atoms with Gasteiger partial charge in [0, 0.05) is 12.6 Å². The standard InChI is InChI=1S/C13H22N2O4S/c1-13(2,3)8-15-20(16,17)12-6-9(14)10(18-4)7-11(12)19-5/h6-7,15H,8,14H2,1-5H3. The van der Waals surface area contributed by atoms with Gasteiger partial charge in [-0.1, -0.05) is 20.8 Å². The van der Waals surface area contributed by atoms with Crippen LogP contribution in [0.1, 0.15) is 20.8 Å². The first-order valence-corrected chi connectivity index (χ1v) is 7.60. The van der Waals surface area contributed by atoms with Crippen LogP contribution < -0.4 is 19.9 Å². The van der Waals surface area contributed by atoms with Gasteiger partial charge in [-0.25, -0.2) is 13.1 Å². The highest BCUT2D eigenvalue weighted by atomic mass is 32.2. The summed E-state index contributed by atoms with van der Waals surface area (Å²) in [5.41, 5.74) is 5.83. The van der Waals surface area contributed by atoms with Crippen LogP contribution in [0, 0.1) is 5.41 Å². The maximum atomic E-state index is 12.3. The van der Waals surface area contributed by atoms with Gasteiger partial charge in [-0.05, 0) is 11.5 Å². The lowest BCUT2D eigenvalue weighted by molar-refractivity contribution is 0.385. The van der Waals surface area contributed by atoms with Gasteiger partial charge >= 0.3 is 0 Å². The fraction of sp³-hybridized carbons (Fsp3) is 0.538. The molecule has 0 aliphatic rings. The van der Waals surface area contributed by atoms with E-state index in [1.54, 1.807) is 0 Å². The molecular formula is C13H22N2O4S. The van der Waals surface area contributed by atoms with Gasteiger partial charge in [0.15, 0.2) is 0 Å². The van der Waals surface area contributed by atoms with Gasteiger partial charge in [-0.2, -0.15) is 0 Å². The van der Waals surface area contributed by atoms with Crippen molar-refractivity contribution in [1.29, 1.82) is 0 Å². The predicted molar refractivity (Wildman–Crippen MR) is 78.6 cm³/mol. The van der Waals surface area contributed by atoms with E-state index < -0.39 is 10.0 Å². The molecule has 20 heavy (non-hydrogen) atoms. The van der Waals surface area contributed by atoms with E-state index in [-0.39, 0.29) is 21.7 Å². The van der Waals surface area contributed by atoms with Crippen molar-refractivity contribution in [3.05, 3.63) is 12.1 Å². The summed E-state index contributed by atoms with van der Waals surface area (Å²) in [7, 11) is -0.842. The van der Waals surface area contributed by atoms with Crippen LogP contribution in [0.5, 0.6) is 11.5 Å². The molecule has 0 bridgehead atoms. The van der Waals surface area contributed by atoms with Crippen LogP contribution in [0.25, 0.3) is 0 Å². The molecule has 0 amide bonds. The number of benzene rings is 1. The second kappa shape index (κ2) is 5.88. The second-order valence-electron chi connectivity index (χ2n) is 5.63. The smallest absolute Gasteiger partial charge is 0.244 e. The molecule has 0 heterocycles. The number of nitrogen functional groups attached to an aromatic ring is 1. The number of anilines is 1. The molecule has 6 nitrogen and oxygen atoms in total. The van der Waals surface area contributed by atoms with E-state index in [1.807, 2.05) is 20.8 Å². The van der Waals surface area contributed by atoms with E-state index in [4.69, 9.17) is 15.2 Å². The third-order valence-electron chi connectivity index (χ3n) is 2.60. The summed E-state index contributed by atoms with van der Waals surface area (Å²) < 4.78 is 37.4. The van der Waals surface area contributed by atoms with Crippen molar-refractivity contribution >= 4 is 15.7 Å². The number of sulfonamides is 1. The van der Waals surface area contributed by atoms with Gasteiger partial charge < -0.3 is 15.2 Å². The molecule has 0 aliphatic carbocycles. The number of nitrogens with two attached hydrogens (primary N) is 1. The summed E-state index contributed by atoms with van der Waals surface area (Å²) in [6, 6.07) is 2.80. The van der Waals surface area contributed by atoms with Crippen LogP contribution in [0.4, 0.5) is 5.69 Å². The third-order valence-corrected chi connectivity index (χ3v) is 4.02. The summed E-state index contributed by atoms with van der Waals surface area (Å²) in [6.07, 6.45) is 0. The van der Waals surface area contributed by atoms with Gasteiger partial charge in [-0.15, -0.1) is 0 Å². The molecular weight excluding hydrogens is 280 g/mol. The Morgan fingerprint density at radius 3 is 2.15 bits per heavy atom. The zero-order chi connectivity index (χ0) is 15.6. The van der Waals surface area contributed by atoms with Crippen LogP contribution >= 0.6 is 0 Å². The van der Waals surface area contributed by atoms with Crippen LogP contribution in [0.15, 0.2) is 17.0 Å². The van der Waals surface area contributed by atoms with Crippen LogP contribution in [-0.2, 0) is 10.0 Å². The molecule has 3 N–H and O–H groups in total. The van der Waals surface area contributed by atoms with Gasteiger partial charge in [0.05, 0.1) is 19.9 Å². The van der Waals surface area contributed by atoms with E-state index in [0.29, 0.717) is 12.3 Å². The van der Waals surface area contributed by atoms with Crippen molar-refractivity contribution < 1.29 is 17.9 Å². The molecule has 0 aliphatic heterocycles. The maximum absolute atomic E-state index is 12.3. The van der Waals surface area contributed by atoms with E-state index in [2.05, 4.69) is 4.72 Å². The second-order valence-corrected chi connectivity index (χ2v) is 7.37. The fourth-order valence-corrected chi connectivity index (χ4v) is 2.96. The summed E-state index contributed by atoms with van der Waals surface area (Å²) in [6.45, 7) is 6.13. The zero-order valence-corrected chi connectivity index (χ0v) is 13.3. The summed E-state index contributed by atoms with van der Waals surface area (Å²) in [5.74, 6) is 0.564. The van der Waals surface area contributed by atoms with E-state index in [9.17, 15) is 8.42 Å². The number of methoxy groups -OCH3 is 2. The van der Waals surface area contributed by atoms with Crippen LogP contribution in [-0.4, -0.2) is 29.2 Å². The van der Waals surface area contributed by atoms with Gasteiger partial charge in [-0.3, -0.25) is 0 Å². The molecule has 1 aromatic carbocycles. The first-order chi connectivity index (χ1) is 9.10. The van der Waals surface area contributed by atoms with Crippen LogP contribution in [0.2, 0.25) is 0 Å². The molecule has 1 aromatic rings. The Kier molecular flexibility index (Phi) is 4.88. The van der Waals surface area contributed by atoms with Crippen molar-refractivity contribution in [2.45, 2.75) is 25.7 Å². The summed E-state index contributed by atoms with van der Waals surface area (Å²) in [5, 5.41) is 0. The molecule has 1 rings (SSSR count). The minimum Gasteiger partial charge on any atom is -0.495 e. The summed E-state index contributed by atoms with van der Waals surface area (Å²) in [4.78, 5) is 0.00236. The van der Waals surface area contributed by atoms with Crippen molar-refractivity contribution in [3.8, 4) is 11.5 Å². The Morgan fingerprint density at radius 1 is 1.15 bits per heavy atom. The molecule has 0 aromatic heterocycles. The number of hydrogen-bond donors (Lipinski definition) is 2. The van der Waals surface area contributed by atoms with Gasteiger partial charge in [0.1, 0.15) is 16.4 Å². The average molecular weight is 302 g/mol. The van der Waals surface area contributed by atoms with Crippen molar-refractivity contribution in [2.24, 2.45) is 5.41 Å². The van der Waals surface area contributed by atoms with Gasteiger partial charge in [0.25, 0.3) is 0 Å². The van der Waals surface area contributed by atoms with E-state index >= 15 is 0 Å². The lowest BCUT2D eigenvalue weighted by atomic mass is 9.98. The molecule has 7 heteroatoms. The predicted octanol–water partition coefficient (Wildman–Crippen LogP) is 1.61. The van der Waals surface area contributed by atoms with Crippen molar-refractivity contribution in [2.75, 3.05) is 26.5 Å². The minimum atomic E-state index is -3.69. The zero-order valence-electron chi connectivity index (χ0n) is 12.5. The fourth-order valence-electron chi connectivity index (χ4n) is 1.49. The monoisotopic (exact) mass is 302 g/mol. The molecule has 0 spiro atoms. The Bertz CT molecular complexity index is 577. The Balaban J connectivity index is 3.21. The minimum absolute atomic E-state index is 0.00236. The van der Waals surface area contributed by atoms with E-state index in [1.165, 1.54) is 26.4 Å². The highest BCUT2D eigenvalue weighted by Gasteiger charge is 2.23. The molecule has 0 saturated carbocycles. The maximum Gasteiger partial charge on any atom is 0.244 e. The normalized spacial score (nSPS) is 12.2. The average Bonchev–Trinajstić information content (AvgIpc) is 2.35.